The zero-order valence-corrected chi connectivity index (χ0v) is 10.9. The number of hydrogen-bond donors (Lipinski definition) is 2. The maximum Gasteiger partial charge on any atom is 0.329 e. The molecule has 3 N–H and O–H groups in total. The van der Waals surface area contributed by atoms with Crippen LogP contribution in [0.5, 0.6) is 5.75 Å². The Balaban J connectivity index is 2.74. The van der Waals surface area contributed by atoms with Crippen LogP contribution in [0.3, 0.4) is 0 Å². The molecule has 1 aromatic carbocycles. The minimum atomic E-state index is -0.996. The van der Waals surface area contributed by atoms with Gasteiger partial charge in [-0.3, -0.25) is 0 Å². The average Bonchev–Trinajstić information content (AvgIpc) is 2.27. The summed E-state index contributed by atoms with van der Waals surface area (Å²) in [6.07, 6.45) is 0. The van der Waals surface area contributed by atoms with Gasteiger partial charge < -0.3 is 20.3 Å². The smallest absolute Gasteiger partial charge is 0.329 e. The van der Waals surface area contributed by atoms with Gasteiger partial charge in [0.25, 0.3) is 0 Å². The fraction of sp³-hybridized carbons (Fsp3) is 0.462. The standard InChI is InChI=1S/C13H19NO4/c1-8-4-10(5-9(2)13(8)17-3)11(14)6-18-7-12(15)16/h4-5,11H,6-7,14H2,1-3H3,(H,15,16). The maximum atomic E-state index is 10.3. The molecule has 0 aliphatic carbocycles. The van der Waals surface area contributed by atoms with Crippen LogP contribution in [-0.4, -0.2) is 31.4 Å². The number of carboxylic acid groups (broad SMARTS) is 1. The van der Waals surface area contributed by atoms with Crippen LogP contribution in [0.15, 0.2) is 12.1 Å². The van der Waals surface area contributed by atoms with Gasteiger partial charge in [-0.1, -0.05) is 12.1 Å². The van der Waals surface area contributed by atoms with Crippen molar-refractivity contribution in [3.05, 3.63) is 28.8 Å². The number of aryl methyl sites for hydroxylation is 2. The number of carboxylic acids is 1. The molecule has 0 aliphatic heterocycles. The number of benzene rings is 1. The number of rotatable bonds is 6. The zero-order valence-electron chi connectivity index (χ0n) is 10.9. The summed E-state index contributed by atoms with van der Waals surface area (Å²) < 4.78 is 10.3. The second kappa shape index (κ2) is 6.37. The largest absolute Gasteiger partial charge is 0.496 e. The van der Waals surface area contributed by atoms with Crippen LogP contribution < -0.4 is 10.5 Å². The number of hydrogen-bond acceptors (Lipinski definition) is 4. The molecule has 100 valence electrons. The van der Waals surface area contributed by atoms with E-state index in [1.54, 1.807) is 7.11 Å². The molecule has 5 nitrogen and oxygen atoms in total. The Kier molecular flexibility index (Phi) is 5.12. The summed E-state index contributed by atoms with van der Waals surface area (Å²) in [5, 5.41) is 8.47. The lowest BCUT2D eigenvalue weighted by molar-refractivity contribution is -0.142. The maximum absolute atomic E-state index is 10.3. The molecule has 0 spiro atoms. The summed E-state index contributed by atoms with van der Waals surface area (Å²) in [6, 6.07) is 3.52. The summed E-state index contributed by atoms with van der Waals surface area (Å²) >= 11 is 0. The van der Waals surface area contributed by atoms with E-state index in [4.69, 9.17) is 20.3 Å². The Bertz CT molecular complexity index is 408. The third-order valence-electron chi connectivity index (χ3n) is 2.64. The predicted molar refractivity (Wildman–Crippen MR) is 67.9 cm³/mol. The first-order valence-electron chi connectivity index (χ1n) is 5.66. The van der Waals surface area contributed by atoms with Gasteiger partial charge in [-0.25, -0.2) is 4.79 Å². The van der Waals surface area contributed by atoms with Crippen LogP contribution in [0.4, 0.5) is 0 Å². The van der Waals surface area contributed by atoms with Crippen LogP contribution in [0.25, 0.3) is 0 Å². The van der Waals surface area contributed by atoms with Crippen molar-refractivity contribution in [3.63, 3.8) is 0 Å². The molecule has 0 aromatic heterocycles. The summed E-state index contributed by atoms with van der Waals surface area (Å²) in [6.45, 7) is 3.74. The highest BCUT2D eigenvalue weighted by Crippen LogP contribution is 2.26. The van der Waals surface area contributed by atoms with Crippen molar-refractivity contribution in [1.82, 2.24) is 0 Å². The fourth-order valence-corrected chi connectivity index (χ4v) is 1.89. The first kappa shape index (κ1) is 14.5. The highest BCUT2D eigenvalue weighted by molar-refractivity contribution is 5.68. The molecule has 0 saturated heterocycles. The van der Waals surface area contributed by atoms with E-state index in [-0.39, 0.29) is 19.3 Å². The van der Waals surface area contributed by atoms with E-state index in [2.05, 4.69) is 0 Å². The normalized spacial score (nSPS) is 12.2. The first-order chi connectivity index (χ1) is 8.45. The van der Waals surface area contributed by atoms with Crippen molar-refractivity contribution in [3.8, 4) is 5.75 Å². The Morgan fingerprint density at radius 1 is 1.39 bits per heavy atom. The van der Waals surface area contributed by atoms with Crippen molar-refractivity contribution in [1.29, 1.82) is 0 Å². The molecule has 0 aliphatic rings. The van der Waals surface area contributed by atoms with Crippen LogP contribution in [0.1, 0.15) is 22.7 Å². The van der Waals surface area contributed by atoms with Crippen molar-refractivity contribution in [2.45, 2.75) is 19.9 Å². The third kappa shape index (κ3) is 3.72. The monoisotopic (exact) mass is 253 g/mol. The number of methoxy groups -OCH3 is 1. The molecular formula is C13H19NO4. The zero-order chi connectivity index (χ0) is 13.7. The summed E-state index contributed by atoms with van der Waals surface area (Å²) in [5.41, 5.74) is 8.87. The number of carbonyl (C=O) groups is 1. The first-order valence-corrected chi connectivity index (χ1v) is 5.66. The van der Waals surface area contributed by atoms with Gasteiger partial charge in [0.05, 0.1) is 19.8 Å². The molecule has 1 unspecified atom stereocenters. The highest BCUT2D eigenvalue weighted by atomic mass is 16.5. The van der Waals surface area contributed by atoms with Crippen molar-refractivity contribution >= 4 is 5.97 Å². The molecule has 5 heteroatoms. The molecule has 0 fully saturated rings. The molecule has 1 rings (SSSR count). The van der Waals surface area contributed by atoms with Gasteiger partial charge in [-0.2, -0.15) is 0 Å². The van der Waals surface area contributed by atoms with Gasteiger partial charge in [0, 0.05) is 0 Å². The highest BCUT2D eigenvalue weighted by Gasteiger charge is 2.11. The van der Waals surface area contributed by atoms with Gasteiger partial charge in [-0.05, 0) is 30.5 Å². The van der Waals surface area contributed by atoms with Gasteiger partial charge in [0.15, 0.2) is 0 Å². The van der Waals surface area contributed by atoms with Gasteiger partial charge in [0.1, 0.15) is 12.4 Å². The van der Waals surface area contributed by atoms with Crippen molar-refractivity contribution in [2.75, 3.05) is 20.3 Å². The molecule has 0 heterocycles. The van der Waals surface area contributed by atoms with E-state index in [9.17, 15) is 4.79 Å². The van der Waals surface area contributed by atoms with Crippen LogP contribution in [0, 0.1) is 13.8 Å². The molecule has 0 radical (unpaired) electrons. The van der Waals surface area contributed by atoms with Crippen molar-refractivity contribution in [2.24, 2.45) is 5.73 Å². The summed E-state index contributed by atoms with van der Waals surface area (Å²) in [5.74, 6) is -0.151. The predicted octanol–water partition coefficient (Wildman–Crippen LogP) is 1.41. The second-order valence-electron chi connectivity index (χ2n) is 4.20. The third-order valence-corrected chi connectivity index (χ3v) is 2.64. The van der Waals surface area contributed by atoms with E-state index < -0.39 is 5.97 Å². The summed E-state index contributed by atoms with van der Waals surface area (Å²) in [4.78, 5) is 10.3. The molecule has 18 heavy (non-hydrogen) atoms. The molecular weight excluding hydrogens is 234 g/mol. The van der Waals surface area contributed by atoms with Gasteiger partial charge >= 0.3 is 5.97 Å². The van der Waals surface area contributed by atoms with E-state index in [0.717, 1.165) is 22.4 Å². The Hall–Kier alpha value is -1.59. The quantitative estimate of drug-likeness (QED) is 0.801. The van der Waals surface area contributed by atoms with Crippen LogP contribution >= 0.6 is 0 Å². The minimum Gasteiger partial charge on any atom is -0.496 e. The second-order valence-corrected chi connectivity index (χ2v) is 4.20. The molecule has 0 bridgehead atoms. The number of nitrogens with two attached hydrogens (primary N) is 1. The fourth-order valence-electron chi connectivity index (χ4n) is 1.89. The Morgan fingerprint density at radius 3 is 2.39 bits per heavy atom. The lowest BCUT2D eigenvalue weighted by atomic mass is 10.0. The van der Waals surface area contributed by atoms with Crippen LogP contribution in [-0.2, 0) is 9.53 Å². The number of ether oxygens (including phenoxy) is 2. The molecule has 1 atom stereocenters. The number of aliphatic carboxylic acids is 1. The average molecular weight is 253 g/mol. The topological polar surface area (TPSA) is 81.8 Å². The van der Waals surface area contributed by atoms with E-state index in [0.29, 0.717) is 0 Å². The van der Waals surface area contributed by atoms with E-state index >= 15 is 0 Å². The minimum absolute atomic E-state index is 0.178. The van der Waals surface area contributed by atoms with Gasteiger partial charge in [0.2, 0.25) is 0 Å². The molecule has 1 aromatic rings. The van der Waals surface area contributed by atoms with E-state index in [1.807, 2.05) is 26.0 Å². The van der Waals surface area contributed by atoms with Crippen LogP contribution in [0.2, 0.25) is 0 Å². The Labute approximate surface area is 107 Å². The lowest BCUT2D eigenvalue weighted by Crippen LogP contribution is -2.20. The SMILES string of the molecule is COc1c(C)cc(C(N)COCC(=O)O)cc1C. The molecule has 0 amide bonds. The Morgan fingerprint density at radius 2 is 1.94 bits per heavy atom. The van der Waals surface area contributed by atoms with E-state index in [1.165, 1.54) is 0 Å². The lowest BCUT2D eigenvalue weighted by Gasteiger charge is -2.16. The van der Waals surface area contributed by atoms with Crippen molar-refractivity contribution < 1.29 is 19.4 Å². The summed E-state index contributed by atoms with van der Waals surface area (Å²) in [7, 11) is 1.63. The van der Waals surface area contributed by atoms with Gasteiger partial charge in [-0.15, -0.1) is 0 Å². The molecule has 0 saturated carbocycles.